The van der Waals surface area contributed by atoms with Crippen molar-refractivity contribution in [3.63, 3.8) is 0 Å². The lowest BCUT2D eigenvalue weighted by Gasteiger charge is -2.23. The van der Waals surface area contributed by atoms with Gasteiger partial charge < -0.3 is 14.6 Å². The van der Waals surface area contributed by atoms with Crippen molar-refractivity contribution in [2.24, 2.45) is 0 Å². The molecule has 0 fully saturated rings. The number of para-hydroxylation sites is 1. The highest BCUT2D eigenvalue weighted by Crippen LogP contribution is 2.36. The maximum absolute atomic E-state index is 12.2. The molecule has 0 aliphatic carbocycles. The Morgan fingerprint density at radius 1 is 1.16 bits per heavy atom. The Hall–Kier alpha value is -3.45. The summed E-state index contributed by atoms with van der Waals surface area (Å²) in [5, 5.41) is 1.44. The van der Waals surface area contributed by atoms with Gasteiger partial charge in [-0.15, -0.1) is 0 Å². The molecule has 7 nitrogen and oxygen atoms in total. The number of amides is 1. The Morgan fingerprint density at radius 3 is 2.75 bits per heavy atom. The molecule has 1 aromatic carbocycles. The summed E-state index contributed by atoms with van der Waals surface area (Å²) in [5.74, 6) is 0.664. The van der Waals surface area contributed by atoms with Crippen molar-refractivity contribution in [1.82, 2.24) is 24.8 Å². The van der Waals surface area contributed by atoms with Gasteiger partial charge in [0.25, 0.3) is 0 Å². The molecule has 32 heavy (non-hydrogen) atoms. The smallest absolute Gasteiger partial charge is 0.222 e. The van der Waals surface area contributed by atoms with Crippen LogP contribution >= 0.6 is 11.6 Å². The topological polar surface area (TPSA) is 84.0 Å². The summed E-state index contributed by atoms with van der Waals surface area (Å²) >= 11 is 6.64. The SMILES string of the molecule is Cc1ccc2cccc(OC(c3cnc[nH]3)c3c(Cl)cncc3CCC(=O)N(C)C)c2n1. The minimum absolute atomic E-state index is 0.0312. The van der Waals surface area contributed by atoms with E-state index in [-0.39, 0.29) is 5.91 Å². The largest absolute Gasteiger partial charge is 0.477 e. The number of benzene rings is 1. The number of rotatable bonds is 7. The fourth-order valence-corrected chi connectivity index (χ4v) is 3.85. The molecule has 0 aliphatic heterocycles. The van der Waals surface area contributed by atoms with Gasteiger partial charge in [-0.2, -0.15) is 0 Å². The third-order valence-corrected chi connectivity index (χ3v) is 5.56. The third-order valence-electron chi connectivity index (χ3n) is 5.26. The molecular weight excluding hydrogens is 426 g/mol. The van der Waals surface area contributed by atoms with Crippen molar-refractivity contribution in [3.05, 3.63) is 82.8 Å². The van der Waals surface area contributed by atoms with Gasteiger partial charge in [0.2, 0.25) is 5.91 Å². The van der Waals surface area contributed by atoms with Crippen LogP contribution in [0.1, 0.15) is 35.0 Å². The van der Waals surface area contributed by atoms with Crippen molar-refractivity contribution in [3.8, 4) is 5.75 Å². The standard InChI is InChI=1S/C24H24ClN5O2/c1-15-7-8-16-5-4-6-20(23(16)29-15)32-24(19-13-27-14-28-19)22-17(11-26-12-18(22)25)9-10-21(31)30(2)3/h4-8,11-14,24H,9-10H2,1-3H3,(H,27,28). The van der Waals surface area contributed by atoms with Crippen LogP contribution in [0.4, 0.5) is 0 Å². The van der Waals surface area contributed by atoms with Crippen LogP contribution in [0.2, 0.25) is 5.02 Å². The molecule has 0 bridgehead atoms. The average Bonchev–Trinajstić information content (AvgIpc) is 3.31. The van der Waals surface area contributed by atoms with Gasteiger partial charge in [-0.1, -0.05) is 29.8 Å². The molecule has 4 rings (SSSR count). The second kappa shape index (κ2) is 9.36. The molecule has 1 atom stereocenters. The maximum atomic E-state index is 12.2. The lowest BCUT2D eigenvalue weighted by Crippen LogP contribution is -2.22. The summed E-state index contributed by atoms with van der Waals surface area (Å²) in [7, 11) is 3.48. The Kier molecular flexibility index (Phi) is 6.37. The molecule has 3 aromatic heterocycles. The Bertz CT molecular complexity index is 1240. The number of nitrogens with zero attached hydrogens (tertiary/aromatic N) is 4. The average molecular weight is 450 g/mol. The van der Waals surface area contributed by atoms with Crippen LogP contribution in [0.15, 0.2) is 55.2 Å². The summed E-state index contributed by atoms with van der Waals surface area (Å²) in [5.41, 5.74) is 4.00. The van der Waals surface area contributed by atoms with Gasteiger partial charge in [0.1, 0.15) is 11.3 Å². The monoisotopic (exact) mass is 449 g/mol. The highest BCUT2D eigenvalue weighted by molar-refractivity contribution is 6.31. The number of aryl methyl sites for hydroxylation is 2. The van der Waals surface area contributed by atoms with Crippen LogP contribution in [-0.2, 0) is 11.2 Å². The molecular formula is C24H24ClN5O2. The van der Waals surface area contributed by atoms with Crippen LogP contribution in [-0.4, -0.2) is 44.8 Å². The first-order chi connectivity index (χ1) is 15.4. The molecule has 4 aromatic rings. The molecule has 0 aliphatic rings. The Labute approximate surface area is 191 Å². The number of fused-ring (bicyclic) bond motifs is 1. The molecule has 0 saturated carbocycles. The number of halogens is 1. The Balaban J connectivity index is 1.78. The van der Waals surface area contributed by atoms with Gasteiger partial charge in [-0.25, -0.2) is 9.97 Å². The Morgan fingerprint density at radius 2 is 2.00 bits per heavy atom. The number of carbonyl (C=O) groups excluding carboxylic acids is 1. The van der Waals surface area contributed by atoms with Crippen molar-refractivity contribution >= 4 is 28.4 Å². The number of aromatic amines is 1. The molecule has 0 radical (unpaired) electrons. The second-order valence-electron chi connectivity index (χ2n) is 7.77. The van der Waals surface area contributed by atoms with E-state index in [1.54, 1.807) is 43.9 Å². The molecule has 1 amide bonds. The zero-order chi connectivity index (χ0) is 22.7. The van der Waals surface area contributed by atoms with Crippen molar-refractivity contribution < 1.29 is 9.53 Å². The first-order valence-corrected chi connectivity index (χ1v) is 10.7. The molecule has 0 spiro atoms. The van der Waals surface area contributed by atoms with Gasteiger partial charge in [0.05, 0.1) is 23.2 Å². The maximum Gasteiger partial charge on any atom is 0.222 e. The minimum atomic E-state index is -0.578. The highest BCUT2D eigenvalue weighted by Gasteiger charge is 2.25. The van der Waals surface area contributed by atoms with Crippen LogP contribution in [0.3, 0.4) is 0 Å². The molecule has 0 saturated heterocycles. The fourth-order valence-electron chi connectivity index (χ4n) is 3.57. The third kappa shape index (κ3) is 4.57. The first kappa shape index (κ1) is 21.8. The van der Waals surface area contributed by atoms with Gasteiger partial charge in [0, 0.05) is 49.6 Å². The van der Waals surface area contributed by atoms with Crippen LogP contribution in [0.5, 0.6) is 5.75 Å². The van der Waals surface area contributed by atoms with E-state index in [4.69, 9.17) is 16.3 Å². The normalized spacial score (nSPS) is 12.0. The first-order valence-electron chi connectivity index (χ1n) is 10.3. The molecule has 1 N–H and O–H groups in total. The van der Waals surface area contributed by atoms with E-state index in [1.165, 1.54) is 0 Å². The molecule has 8 heteroatoms. The number of pyridine rings is 2. The lowest BCUT2D eigenvalue weighted by atomic mass is 9.98. The fraction of sp³-hybridized carbons (Fsp3) is 0.250. The number of aromatic nitrogens is 4. The number of hydrogen-bond acceptors (Lipinski definition) is 5. The summed E-state index contributed by atoms with van der Waals surface area (Å²) in [6.45, 7) is 1.95. The number of H-pyrrole nitrogens is 1. The van der Waals surface area contributed by atoms with Crippen molar-refractivity contribution in [2.75, 3.05) is 14.1 Å². The van der Waals surface area contributed by atoms with E-state index in [0.29, 0.717) is 23.6 Å². The second-order valence-corrected chi connectivity index (χ2v) is 8.17. The van der Waals surface area contributed by atoms with Crippen LogP contribution in [0, 0.1) is 6.92 Å². The molecule has 164 valence electrons. The number of ether oxygens (including phenoxy) is 1. The van der Waals surface area contributed by atoms with Crippen LogP contribution in [0.25, 0.3) is 10.9 Å². The zero-order valence-corrected chi connectivity index (χ0v) is 18.9. The summed E-state index contributed by atoms with van der Waals surface area (Å²) in [4.78, 5) is 30.0. The number of nitrogens with one attached hydrogen (secondary N) is 1. The lowest BCUT2D eigenvalue weighted by molar-refractivity contribution is -0.128. The van der Waals surface area contributed by atoms with Gasteiger partial charge >= 0.3 is 0 Å². The van der Waals surface area contributed by atoms with E-state index in [1.807, 2.05) is 37.3 Å². The molecule has 3 heterocycles. The quantitative estimate of drug-likeness (QED) is 0.449. The van der Waals surface area contributed by atoms with Gasteiger partial charge in [0.15, 0.2) is 6.10 Å². The predicted octanol–water partition coefficient (Wildman–Crippen LogP) is 4.50. The minimum Gasteiger partial charge on any atom is -0.477 e. The molecule has 1 unspecified atom stereocenters. The predicted molar refractivity (Wildman–Crippen MR) is 124 cm³/mol. The summed E-state index contributed by atoms with van der Waals surface area (Å²) in [6, 6.07) is 9.81. The summed E-state index contributed by atoms with van der Waals surface area (Å²) in [6.07, 6.45) is 6.88. The highest BCUT2D eigenvalue weighted by atomic mass is 35.5. The van der Waals surface area contributed by atoms with Crippen LogP contribution < -0.4 is 4.74 Å². The zero-order valence-electron chi connectivity index (χ0n) is 18.2. The van der Waals surface area contributed by atoms with E-state index in [9.17, 15) is 4.79 Å². The summed E-state index contributed by atoms with van der Waals surface area (Å²) < 4.78 is 6.55. The van der Waals surface area contributed by atoms with Crippen molar-refractivity contribution in [2.45, 2.75) is 25.9 Å². The van der Waals surface area contributed by atoms with E-state index in [2.05, 4.69) is 19.9 Å². The van der Waals surface area contributed by atoms with Gasteiger partial charge in [-0.3, -0.25) is 9.78 Å². The van der Waals surface area contributed by atoms with Gasteiger partial charge in [-0.05, 0) is 31.0 Å². The van der Waals surface area contributed by atoms with E-state index < -0.39 is 6.10 Å². The van der Waals surface area contributed by atoms with E-state index >= 15 is 0 Å². The number of carbonyl (C=O) groups is 1. The van der Waals surface area contributed by atoms with Crippen molar-refractivity contribution in [1.29, 1.82) is 0 Å². The number of hydrogen-bond donors (Lipinski definition) is 1. The number of imidazole rings is 1. The van der Waals surface area contributed by atoms with E-state index in [0.717, 1.165) is 33.4 Å².